The molecule has 3 aliphatic rings. The maximum absolute atomic E-state index is 6.60. The number of nitrogens with two attached hydrogens (primary N) is 2. The second kappa shape index (κ2) is 8.66. The minimum atomic E-state index is -0.0958. The van der Waals surface area contributed by atoms with E-state index in [-0.39, 0.29) is 12.0 Å². The van der Waals surface area contributed by atoms with Gasteiger partial charge in [-0.05, 0) is 66.5 Å². The van der Waals surface area contributed by atoms with Crippen molar-refractivity contribution in [3.05, 3.63) is 113 Å². The molecule has 4 N–H and O–H groups in total. The first-order valence-electron chi connectivity index (χ1n) is 12.4. The lowest BCUT2D eigenvalue weighted by atomic mass is 9.85. The molecule has 0 amide bonds. The first-order valence-corrected chi connectivity index (χ1v) is 12.4. The lowest BCUT2D eigenvalue weighted by Gasteiger charge is -2.24. The summed E-state index contributed by atoms with van der Waals surface area (Å²) in [5.41, 5.74) is 21.3. The van der Waals surface area contributed by atoms with Gasteiger partial charge in [-0.1, -0.05) is 78.9 Å². The number of allylic oxidation sites excluding steroid dienone is 8. The molecule has 0 spiro atoms. The van der Waals surface area contributed by atoms with Gasteiger partial charge in [-0.2, -0.15) is 0 Å². The number of anilines is 1. The quantitative estimate of drug-likeness (QED) is 0.429. The molecule has 3 unspecified atom stereocenters. The SMILES string of the molecule is Nc1ccccc1C(N)C1C=CC(c2ccc3c(c2)c2c(n3C3C=CC=CC3)CCC=C2)=CC1. The Bertz CT molecular complexity index is 1400. The largest absolute Gasteiger partial charge is 0.398 e. The Morgan fingerprint density at radius 2 is 1.85 bits per heavy atom. The lowest BCUT2D eigenvalue weighted by molar-refractivity contribution is 0.526. The molecular formula is C31H31N3. The van der Waals surface area contributed by atoms with Crippen molar-refractivity contribution in [3.63, 3.8) is 0 Å². The van der Waals surface area contributed by atoms with Gasteiger partial charge in [0.15, 0.2) is 0 Å². The molecule has 3 aromatic rings. The summed E-state index contributed by atoms with van der Waals surface area (Å²) in [5, 5.41) is 1.36. The Morgan fingerprint density at radius 1 is 0.941 bits per heavy atom. The molecule has 2 aromatic carbocycles. The van der Waals surface area contributed by atoms with E-state index in [9.17, 15) is 0 Å². The number of para-hydroxylation sites is 1. The van der Waals surface area contributed by atoms with E-state index in [0.29, 0.717) is 6.04 Å². The molecule has 3 heteroatoms. The smallest absolute Gasteiger partial charge is 0.0557 e. The van der Waals surface area contributed by atoms with Crippen molar-refractivity contribution in [1.82, 2.24) is 4.57 Å². The average molecular weight is 446 g/mol. The summed E-state index contributed by atoms with van der Waals surface area (Å²) >= 11 is 0. The summed E-state index contributed by atoms with van der Waals surface area (Å²) in [6, 6.07) is 15.2. The zero-order valence-electron chi connectivity index (χ0n) is 19.4. The first kappa shape index (κ1) is 21.0. The van der Waals surface area contributed by atoms with E-state index in [2.05, 4.69) is 77.5 Å². The number of benzene rings is 2. The van der Waals surface area contributed by atoms with E-state index >= 15 is 0 Å². The molecule has 0 radical (unpaired) electrons. The van der Waals surface area contributed by atoms with Crippen LogP contribution >= 0.6 is 0 Å². The summed E-state index contributed by atoms with van der Waals surface area (Å²) in [7, 11) is 0. The van der Waals surface area contributed by atoms with Gasteiger partial charge in [-0.15, -0.1) is 0 Å². The highest BCUT2D eigenvalue weighted by molar-refractivity contribution is 5.95. The predicted molar refractivity (Wildman–Crippen MR) is 144 cm³/mol. The second-order valence-electron chi connectivity index (χ2n) is 9.59. The fraction of sp³-hybridized carbons (Fsp3) is 0.226. The van der Waals surface area contributed by atoms with Gasteiger partial charge in [0.2, 0.25) is 0 Å². The number of aromatic nitrogens is 1. The number of nitrogens with zero attached hydrogens (tertiary/aromatic N) is 1. The maximum atomic E-state index is 6.60. The molecule has 3 nitrogen and oxygen atoms in total. The third-order valence-electron chi connectivity index (χ3n) is 7.55. The molecule has 170 valence electrons. The Morgan fingerprint density at radius 3 is 2.65 bits per heavy atom. The molecule has 1 heterocycles. The molecule has 0 aliphatic heterocycles. The number of nitrogen functional groups attached to an aromatic ring is 1. The average Bonchev–Trinajstić information content (AvgIpc) is 3.23. The van der Waals surface area contributed by atoms with Crippen molar-refractivity contribution in [3.8, 4) is 0 Å². The third kappa shape index (κ3) is 3.57. The number of fused-ring (bicyclic) bond motifs is 3. The summed E-state index contributed by atoms with van der Waals surface area (Å²) in [6.07, 6.45) is 24.6. The Hall–Kier alpha value is -3.56. The van der Waals surface area contributed by atoms with Crippen LogP contribution in [0.2, 0.25) is 0 Å². The van der Waals surface area contributed by atoms with Gasteiger partial charge in [0.1, 0.15) is 0 Å². The first-order chi connectivity index (χ1) is 16.7. The Kier molecular flexibility index (Phi) is 5.35. The zero-order chi connectivity index (χ0) is 23.1. The summed E-state index contributed by atoms with van der Waals surface area (Å²) in [4.78, 5) is 0. The van der Waals surface area contributed by atoms with Crippen molar-refractivity contribution in [2.45, 2.75) is 37.8 Å². The number of hydrogen-bond acceptors (Lipinski definition) is 2. The van der Waals surface area contributed by atoms with E-state index < -0.39 is 0 Å². The normalized spacial score (nSPS) is 22.1. The van der Waals surface area contributed by atoms with E-state index in [1.807, 2.05) is 24.3 Å². The standard InChI is InChI=1S/C31H31N3/c32-28-12-6-4-11-26(28)31(33)22-16-14-21(15-17-22)23-18-19-30-27(20-23)25-10-5-7-13-29(25)34(30)24-8-2-1-3-9-24/h1-6,8,10-12,14-16,18-20,22,24,31H,7,9,13,17,32-33H2. The van der Waals surface area contributed by atoms with E-state index in [1.54, 1.807) is 0 Å². The van der Waals surface area contributed by atoms with Gasteiger partial charge in [0.05, 0.1) is 6.04 Å². The molecule has 6 rings (SSSR count). The van der Waals surface area contributed by atoms with Crippen molar-refractivity contribution in [2.75, 3.05) is 5.73 Å². The van der Waals surface area contributed by atoms with Gasteiger partial charge >= 0.3 is 0 Å². The van der Waals surface area contributed by atoms with Crippen LogP contribution in [0.15, 0.2) is 91.1 Å². The van der Waals surface area contributed by atoms with E-state index in [0.717, 1.165) is 36.9 Å². The van der Waals surface area contributed by atoms with Crippen LogP contribution in [-0.2, 0) is 6.42 Å². The summed E-state index contributed by atoms with van der Waals surface area (Å²) in [6.45, 7) is 0. The summed E-state index contributed by atoms with van der Waals surface area (Å²) < 4.78 is 2.57. The van der Waals surface area contributed by atoms with Gasteiger partial charge in [-0.25, -0.2) is 0 Å². The van der Waals surface area contributed by atoms with Crippen molar-refractivity contribution in [1.29, 1.82) is 0 Å². The van der Waals surface area contributed by atoms with Crippen LogP contribution in [0.5, 0.6) is 0 Å². The highest BCUT2D eigenvalue weighted by Gasteiger charge is 2.23. The zero-order valence-corrected chi connectivity index (χ0v) is 19.4. The van der Waals surface area contributed by atoms with Crippen molar-refractivity contribution < 1.29 is 0 Å². The highest BCUT2D eigenvalue weighted by Crippen LogP contribution is 2.39. The lowest BCUT2D eigenvalue weighted by Crippen LogP contribution is -2.21. The van der Waals surface area contributed by atoms with Crippen LogP contribution in [-0.4, -0.2) is 4.57 Å². The fourth-order valence-corrected chi connectivity index (χ4v) is 5.73. The monoisotopic (exact) mass is 445 g/mol. The van der Waals surface area contributed by atoms with Gasteiger partial charge in [0.25, 0.3) is 0 Å². The Labute approximate surface area is 201 Å². The molecule has 0 saturated heterocycles. The number of hydrogen-bond donors (Lipinski definition) is 2. The van der Waals surface area contributed by atoms with Crippen LogP contribution in [0.3, 0.4) is 0 Å². The molecule has 1 aromatic heterocycles. The van der Waals surface area contributed by atoms with E-state index in [4.69, 9.17) is 11.5 Å². The van der Waals surface area contributed by atoms with Gasteiger partial charge in [0, 0.05) is 33.9 Å². The third-order valence-corrected chi connectivity index (χ3v) is 7.55. The van der Waals surface area contributed by atoms with Crippen molar-refractivity contribution in [2.24, 2.45) is 11.7 Å². The number of rotatable bonds is 4. The second-order valence-corrected chi connectivity index (χ2v) is 9.59. The predicted octanol–water partition coefficient (Wildman–Crippen LogP) is 6.90. The van der Waals surface area contributed by atoms with Crippen molar-refractivity contribution >= 4 is 28.2 Å². The molecule has 0 saturated carbocycles. The molecule has 3 atom stereocenters. The van der Waals surface area contributed by atoms with Crippen LogP contribution in [0.4, 0.5) is 5.69 Å². The molecule has 0 fully saturated rings. The fourth-order valence-electron chi connectivity index (χ4n) is 5.73. The van der Waals surface area contributed by atoms with Crippen LogP contribution in [0.25, 0.3) is 22.6 Å². The van der Waals surface area contributed by atoms with E-state index in [1.165, 1.54) is 33.3 Å². The molecular weight excluding hydrogens is 414 g/mol. The minimum Gasteiger partial charge on any atom is -0.398 e. The highest BCUT2D eigenvalue weighted by atomic mass is 15.0. The summed E-state index contributed by atoms with van der Waals surface area (Å²) in [5.74, 6) is 0.250. The van der Waals surface area contributed by atoms with Gasteiger partial charge in [-0.3, -0.25) is 0 Å². The van der Waals surface area contributed by atoms with Gasteiger partial charge < -0.3 is 16.0 Å². The minimum absolute atomic E-state index is 0.0958. The maximum Gasteiger partial charge on any atom is 0.0557 e. The van der Waals surface area contributed by atoms with Crippen LogP contribution in [0, 0.1) is 5.92 Å². The van der Waals surface area contributed by atoms with Crippen LogP contribution < -0.4 is 11.5 Å². The molecule has 34 heavy (non-hydrogen) atoms. The molecule has 3 aliphatic carbocycles. The Balaban J connectivity index is 1.32. The molecule has 0 bridgehead atoms. The van der Waals surface area contributed by atoms with Crippen LogP contribution in [0.1, 0.15) is 53.7 Å². The topological polar surface area (TPSA) is 57.0 Å².